The number of aromatic nitrogens is 2. The third-order valence-corrected chi connectivity index (χ3v) is 4.41. The molecule has 0 aromatic carbocycles. The topological polar surface area (TPSA) is 79.5 Å². The van der Waals surface area contributed by atoms with Gasteiger partial charge in [0.15, 0.2) is 5.69 Å². The van der Waals surface area contributed by atoms with E-state index in [9.17, 15) is 9.59 Å². The molecule has 1 aliphatic carbocycles. The van der Waals surface area contributed by atoms with E-state index in [1.807, 2.05) is 17.0 Å². The van der Waals surface area contributed by atoms with Crippen molar-refractivity contribution in [1.82, 2.24) is 15.0 Å². The first kappa shape index (κ1) is 14.9. The predicted octanol–water partition coefficient (Wildman–Crippen LogP) is 1.92. The number of nitrogens with zero attached hydrogens (tertiary/aromatic N) is 4. The molecule has 7 nitrogen and oxygen atoms in total. The van der Waals surface area contributed by atoms with Crippen molar-refractivity contribution in [1.29, 1.82) is 0 Å². The van der Waals surface area contributed by atoms with E-state index in [4.69, 9.17) is 4.52 Å². The van der Waals surface area contributed by atoms with Crippen LogP contribution < -0.4 is 4.90 Å². The molecule has 0 bridgehead atoms. The van der Waals surface area contributed by atoms with Crippen LogP contribution in [0.1, 0.15) is 41.1 Å². The molecule has 2 aliphatic rings. The predicted molar refractivity (Wildman–Crippen MR) is 85.3 cm³/mol. The zero-order valence-corrected chi connectivity index (χ0v) is 13.4. The number of pyridine rings is 1. The number of hydrogen-bond donors (Lipinski definition) is 0. The van der Waals surface area contributed by atoms with E-state index in [0.29, 0.717) is 24.2 Å². The maximum Gasteiger partial charge on any atom is 0.281 e. The lowest BCUT2D eigenvalue weighted by Crippen LogP contribution is -2.42. The van der Waals surface area contributed by atoms with Crippen molar-refractivity contribution in [2.75, 3.05) is 11.4 Å². The first-order valence-corrected chi connectivity index (χ1v) is 8.12. The fourth-order valence-electron chi connectivity index (χ4n) is 3.05. The number of rotatable bonds is 2. The molecule has 0 saturated heterocycles. The summed E-state index contributed by atoms with van der Waals surface area (Å²) in [5, 5.41) is 3.80. The van der Waals surface area contributed by atoms with E-state index < -0.39 is 0 Å². The second-order valence-corrected chi connectivity index (χ2v) is 6.27. The Kier molecular flexibility index (Phi) is 3.55. The van der Waals surface area contributed by atoms with Crippen molar-refractivity contribution >= 4 is 17.6 Å². The van der Waals surface area contributed by atoms with Crippen LogP contribution in [0.3, 0.4) is 0 Å². The Hall–Kier alpha value is -2.70. The minimum Gasteiger partial charge on any atom is -0.361 e. The number of anilines is 1. The summed E-state index contributed by atoms with van der Waals surface area (Å²) in [6.07, 6.45) is 4.07. The molecule has 0 N–H and O–H groups in total. The van der Waals surface area contributed by atoms with Gasteiger partial charge in [-0.2, -0.15) is 0 Å². The van der Waals surface area contributed by atoms with Gasteiger partial charge in [-0.3, -0.25) is 14.5 Å². The molecule has 3 heterocycles. The average molecular weight is 326 g/mol. The van der Waals surface area contributed by atoms with Crippen molar-refractivity contribution in [3.05, 3.63) is 41.4 Å². The van der Waals surface area contributed by atoms with Gasteiger partial charge < -0.3 is 9.42 Å². The summed E-state index contributed by atoms with van der Waals surface area (Å²) in [6, 6.07) is 5.69. The van der Waals surface area contributed by atoms with Crippen LogP contribution in [-0.4, -0.2) is 39.4 Å². The summed E-state index contributed by atoms with van der Waals surface area (Å²) in [7, 11) is 0. The molecule has 1 aliphatic heterocycles. The highest BCUT2D eigenvalue weighted by atomic mass is 16.5. The van der Waals surface area contributed by atoms with Gasteiger partial charge in [-0.05, 0) is 25.8 Å². The van der Waals surface area contributed by atoms with Gasteiger partial charge in [0.05, 0.1) is 0 Å². The first-order chi connectivity index (χ1) is 11.6. The van der Waals surface area contributed by atoms with Gasteiger partial charge in [-0.15, -0.1) is 0 Å². The molecule has 124 valence electrons. The minimum absolute atomic E-state index is 0.0844. The normalized spacial score (nSPS) is 18.1. The summed E-state index contributed by atoms with van der Waals surface area (Å²) >= 11 is 0. The molecule has 2 amide bonds. The Morgan fingerprint density at radius 3 is 2.92 bits per heavy atom. The van der Waals surface area contributed by atoms with E-state index in [1.54, 1.807) is 19.2 Å². The lowest BCUT2D eigenvalue weighted by Gasteiger charge is -2.31. The van der Waals surface area contributed by atoms with Gasteiger partial charge in [0.25, 0.3) is 5.91 Å². The van der Waals surface area contributed by atoms with Gasteiger partial charge in [0.2, 0.25) is 5.91 Å². The molecule has 1 fully saturated rings. The first-order valence-electron chi connectivity index (χ1n) is 8.12. The number of carbonyl (C=O) groups is 2. The summed E-state index contributed by atoms with van der Waals surface area (Å²) in [5.41, 5.74) is 1.11. The van der Waals surface area contributed by atoms with Crippen LogP contribution in [0, 0.1) is 6.92 Å². The molecule has 24 heavy (non-hydrogen) atoms. The highest BCUT2D eigenvalue weighted by Crippen LogP contribution is 2.32. The van der Waals surface area contributed by atoms with E-state index in [0.717, 1.165) is 18.4 Å². The summed E-state index contributed by atoms with van der Waals surface area (Å²) in [4.78, 5) is 33.2. The zero-order valence-electron chi connectivity index (χ0n) is 13.4. The van der Waals surface area contributed by atoms with Gasteiger partial charge >= 0.3 is 0 Å². The summed E-state index contributed by atoms with van der Waals surface area (Å²) < 4.78 is 5.01. The second kappa shape index (κ2) is 5.74. The standard InChI is InChI=1S/C17H18N4O3/c1-11-9-14(19-24-11)17(23)20-8-6-15(22)21(13-4-5-13)10-12-3-2-7-18-16(12)20/h2-3,7,9,13H,4-6,8,10H2,1H3. The SMILES string of the molecule is Cc1cc(C(=O)N2CCC(=O)N(C3CC3)Cc3cccnc32)no1. The number of carbonyl (C=O) groups excluding carboxylic acids is 2. The Morgan fingerprint density at radius 1 is 1.38 bits per heavy atom. The third-order valence-electron chi connectivity index (χ3n) is 4.41. The lowest BCUT2D eigenvalue weighted by molar-refractivity contribution is -0.132. The number of aryl methyl sites for hydroxylation is 1. The fraction of sp³-hybridized carbons (Fsp3) is 0.412. The molecular weight excluding hydrogens is 308 g/mol. The van der Waals surface area contributed by atoms with Crippen LogP contribution in [0.15, 0.2) is 28.9 Å². The van der Waals surface area contributed by atoms with Crippen LogP contribution in [0.2, 0.25) is 0 Å². The highest BCUT2D eigenvalue weighted by molar-refractivity contribution is 6.05. The van der Waals surface area contributed by atoms with Crippen LogP contribution in [0.4, 0.5) is 5.82 Å². The largest absolute Gasteiger partial charge is 0.361 e. The minimum atomic E-state index is -0.292. The van der Waals surface area contributed by atoms with Crippen molar-refractivity contribution in [2.24, 2.45) is 0 Å². The van der Waals surface area contributed by atoms with E-state index in [2.05, 4.69) is 10.1 Å². The van der Waals surface area contributed by atoms with Crippen molar-refractivity contribution in [2.45, 2.75) is 38.8 Å². The fourth-order valence-corrected chi connectivity index (χ4v) is 3.05. The molecule has 7 heteroatoms. The summed E-state index contributed by atoms with van der Waals surface area (Å²) in [6.45, 7) is 2.52. The van der Waals surface area contributed by atoms with Crippen LogP contribution in [0.5, 0.6) is 0 Å². The van der Waals surface area contributed by atoms with E-state index in [-0.39, 0.29) is 30.5 Å². The van der Waals surface area contributed by atoms with Crippen LogP contribution >= 0.6 is 0 Å². The molecular formula is C17H18N4O3. The molecule has 2 aromatic heterocycles. The molecule has 0 atom stereocenters. The summed E-state index contributed by atoms with van der Waals surface area (Å²) in [5.74, 6) is 0.963. The van der Waals surface area contributed by atoms with Crippen molar-refractivity contribution < 1.29 is 14.1 Å². The molecule has 2 aromatic rings. The quantitative estimate of drug-likeness (QED) is 0.842. The van der Waals surface area contributed by atoms with Gasteiger partial charge in [-0.25, -0.2) is 4.98 Å². The third kappa shape index (κ3) is 2.66. The Bertz CT molecular complexity index is 797. The molecule has 4 rings (SSSR count). The zero-order chi connectivity index (χ0) is 16.7. The Balaban J connectivity index is 1.71. The smallest absolute Gasteiger partial charge is 0.281 e. The number of fused-ring (bicyclic) bond motifs is 1. The van der Waals surface area contributed by atoms with Crippen LogP contribution in [-0.2, 0) is 11.3 Å². The van der Waals surface area contributed by atoms with Crippen molar-refractivity contribution in [3.63, 3.8) is 0 Å². The number of hydrogen-bond acceptors (Lipinski definition) is 5. The van der Waals surface area contributed by atoms with Gasteiger partial charge in [0.1, 0.15) is 11.6 Å². The van der Waals surface area contributed by atoms with Gasteiger partial charge in [0, 0.05) is 43.4 Å². The molecule has 0 spiro atoms. The molecule has 1 saturated carbocycles. The lowest BCUT2D eigenvalue weighted by atomic mass is 10.1. The molecule has 0 unspecified atom stereocenters. The maximum atomic E-state index is 12.8. The number of amides is 2. The monoisotopic (exact) mass is 326 g/mol. The van der Waals surface area contributed by atoms with E-state index in [1.165, 1.54) is 4.90 Å². The average Bonchev–Trinajstić information content (AvgIpc) is 3.32. The van der Waals surface area contributed by atoms with Crippen molar-refractivity contribution in [3.8, 4) is 0 Å². The second-order valence-electron chi connectivity index (χ2n) is 6.27. The molecule has 0 radical (unpaired) electrons. The maximum absolute atomic E-state index is 12.8. The van der Waals surface area contributed by atoms with Crippen LogP contribution in [0.25, 0.3) is 0 Å². The Labute approximate surface area is 139 Å². The van der Waals surface area contributed by atoms with Gasteiger partial charge in [-0.1, -0.05) is 11.2 Å². The highest BCUT2D eigenvalue weighted by Gasteiger charge is 2.36. The van der Waals surface area contributed by atoms with E-state index >= 15 is 0 Å². The Morgan fingerprint density at radius 2 is 2.21 bits per heavy atom.